The van der Waals surface area contributed by atoms with Gasteiger partial charge in [-0.25, -0.2) is 0 Å². The molecule has 2 fully saturated rings. The van der Waals surface area contributed by atoms with E-state index in [0.29, 0.717) is 12.8 Å². The maximum absolute atomic E-state index is 12.2. The molecular weight excluding hydrogens is 540 g/mol. The molecule has 0 unspecified atom stereocenters. The Bertz CT molecular complexity index is 752. The fourth-order valence-electron chi connectivity index (χ4n) is 4.13. The first kappa shape index (κ1) is 34.7. The lowest BCUT2D eigenvalue weighted by atomic mass is 9.98. The third kappa shape index (κ3) is 10.1. The molecule has 11 atom stereocenters. The molecule has 234 valence electrons. The van der Waals surface area contributed by atoms with Crippen molar-refractivity contribution in [2.24, 2.45) is 0 Å². The molecule has 2 heterocycles. The molecule has 0 amide bonds. The second-order valence-corrected chi connectivity index (χ2v) is 9.88. The van der Waals surface area contributed by atoms with Gasteiger partial charge in [-0.1, -0.05) is 26.7 Å². The first-order chi connectivity index (χ1) is 19.0. The van der Waals surface area contributed by atoms with Crippen molar-refractivity contribution >= 4 is 11.9 Å². The molecule has 2 rings (SSSR count). The van der Waals surface area contributed by atoms with Crippen molar-refractivity contribution in [3.8, 4) is 0 Å². The minimum Gasteiger partial charge on any atom is -0.462 e. The van der Waals surface area contributed by atoms with Crippen LogP contribution in [0.2, 0.25) is 0 Å². The van der Waals surface area contributed by atoms with Gasteiger partial charge in [0.25, 0.3) is 0 Å². The predicted molar refractivity (Wildman–Crippen MR) is 132 cm³/mol. The number of carbonyl (C=O) groups excluding carboxylic acids is 2. The van der Waals surface area contributed by atoms with E-state index >= 15 is 0 Å². The van der Waals surface area contributed by atoms with Gasteiger partial charge in [0.1, 0.15) is 55.4 Å². The van der Waals surface area contributed by atoms with Gasteiger partial charge in [0.2, 0.25) is 0 Å². The van der Waals surface area contributed by atoms with Crippen molar-refractivity contribution in [3.05, 3.63) is 0 Å². The van der Waals surface area contributed by atoms with E-state index in [9.17, 15) is 45.3 Å². The molecular formula is C25H44O15. The van der Waals surface area contributed by atoms with E-state index in [0.717, 1.165) is 12.8 Å². The van der Waals surface area contributed by atoms with Gasteiger partial charge in [-0.05, 0) is 12.8 Å². The quantitative estimate of drug-likeness (QED) is 0.0732. The summed E-state index contributed by atoms with van der Waals surface area (Å²) in [6, 6.07) is 0. The lowest BCUT2D eigenvalue weighted by Gasteiger charge is -2.42. The highest BCUT2D eigenvalue weighted by Gasteiger charge is 2.47. The molecule has 0 aromatic carbocycles. The van der Waals surface area contributed by atoms with E-state index < -0.39 is 92.7 Å². The fourth-order valence-corrected chi connectivity index (χ4v) is 4.13. The molecule has 0 spiro atoms. The largest absolute Gasteiger partial charge is 0.462 e. The third-order valence-electron chi connectivity index (χ3n) is 6.56. The molecule has 0 saturated carbocycles. The van der Waals surface area contributed by atoms with Crippen molar-refractivity contribution in [2.45, 2.75) is 120 Å². The number of ether oxygens (including phenoxy) is 6. The molecule has 40 heavy (non-hydrogen) atoms. The van der Waals surface area contributed by atoms with Crippen LogP contribution in [-0.4, -0.2) is 142 Å². The second kappa shape index (κ2) is 17.5. The summed E-state index contributed by atoms with van der Waals surface area (Å²) in [6.07, 6.45) is -13.5. The van der Waals surface area contributed by atoms with Crippen molar-refractivity contribution in [1.29, 1.82) is 0 Å². The van der Waals surface area contributed by atoms with Crippen LogP contribution >= 0.6 is 0 Å². The summed E-state index contributed by atoms with van der Waals surface area (Å²) in [5.74, 6) is -1.02. The van der Waals surface area contributed by atoms with E-state index in [-0.39, 0.29) is 26.1 Å². The Hall–Kier alpha value is -1.50. The van der Waals surface area contributed by atoms with E-state index in [1.807, 2.05) is 6.92 Å². The Morgan fingerprint density at radius 2 is 1.30 bits per heavy atom. The van der Waals surface area contributed by atoms with Gasteiger partial charge in [-0.2, -0.15) is 0 Å². The number of carbonyl (C=O) groups is 2. The van der Waals surface area contributed by atoms with Crippen molar-refractivity contribution in [2.75, 3.05) is 26.4 Å². The highest BCUT2D eigenvalue weighted by molar-refractivity contribution is 5.70. The number of aliphatic hydroxyl groups excluding tert-OH is 7. The van der Waals surface area contributed by atoms with Gasteiger partial charge in [0.05, 0.1) is 19.8 Å². The zero-order chi connectivity index (χ0) is 29.8. The van der Waals surface area contributed by atoms with Crippen LogP contribution in [0.15, 0.2) is 0 Å². The molecule has 0 aliphatic carbocycles. The van der Waals surface area contributed by atoms with Gasteiger partial charge < -0.3 is 64.2 Å². The van der Waals surface area contributed by atoms with E-state index in [2.05, 4.69) is 0 Å². The summed E-state index contributed by atoms with van der Waals surface area (Å²) in [6.45, 7) is 1.89. The Morgan fingerprint density at radius 3 is 1.90 bits per heavy atom. The summed E-state index contributed by atoms with van der Waals surface area (Å²) >= 11 is 0. The lowest BCUT2D eigenvalue weighted by molar-refractivity contribution is -0.332. The standard InChI is InChI=1S/C25H44O15/c1-3-5-6-8-17(28)38-13(10-35-16(27)7-4-2)11-36-24-23(34)21(32)19(30)15(40-24)12-37-25-22(33)20(31)18(29)14(9-26)39-25/h13-15,18-26,29-34H,3-12H2,1-2H3/t13-,14-,15-,18+,19+,20+,21+,22-,23-,24-,25+/m1/s1. The molecule has 0 aromatic heterocycles. The second-order valence-electron chi connectivity index (χ2n) is 9.88. The lowest BCUT2D eigenvalue weighted by Crippen LogP contribution is -2.61. The van der Waals surface area contributed by atoms with Crippen LogP contribution in [0, 0.1) is 0 Å². The maximum atomic E-state index is 12.2. The summed E-state index contributed by atoms with van der Waals surface area (Å²) in [5.41, 5.74) is 0. The number of unbranched alkanes of at least 4 members (excludes halogenated alkanes) is 2. The Morgan fingerprint density at radius 1 is 0.700 bits per heavy atom. The summed E-state index contributed by atoms with van der Waals surface area (Å²) < 4.78 is 32.3. The predicted octanol–water partition coefficient (Wildman–Crippen LogP) is -2.54. The van der Waals surface area contributed by atoms with Crippen molar-refractivity contribution < 1.29 is 73.8 Å². The molecule has 2 aliphatic rings. The number of esters is 2. The molecule has 7 N–H and O–H groups in total. The molecule has 15 heteroatoms. The summed E-state index contributed by atoms with van der Waals surface area (Å²) in [5, 5.41) is 70.4. The Kier molecular flexibility index (Phi) is 15.1. The topological polar surface area (TPSA) is 231 Å². The highest BCUT2D eigenvalue weighted by atomic mass is 16.7. The zero-order valence-electron chi connectivity index (χ0n) is 22.8. The molecule has 2 aliphatic heterocycles. The smallest absolute Gasteiger partial charge is 0.306 e. The average Bonchev–Trinajstić information content (AvgIpc) is 2.93. The highest BCUT2D eigenvalue weighted by Crippen LogP contribution is 2.26. The van der Waals surface area contributed by atoms with E-state index in [1.165, 1.54) is 0 Å². The number of aliphatic hydroxyl groups is 7. The first-order valence-corrected chi connectivity index (χ1v) is 13.6. The van der Waals surface area contributed by atoms with E-state index in [4.69, 9.17) is 28.4 Å². The maximum Gasteiger partial charge on any atom is 0.306 e. The van der Waals surface area contributed by atoms with Gasteiger partial charge in [-0.3, -0.25) is 9.59 Å². The van der Waals surface area contributed by atoms with E-state index in [1.54, 1.807) is 6.92 Å². The van der Waals surface area contributed by atoms with Gasteiger partial charge in [0, 0.05) is 12.8 Å². The van der Waals surface area contributed by atoms with Gasteiger partial charge in [-0.15, -0.1) is 0 Å². The number of rotatable bonds is 16. The van der Waals surface area contributed by atoms with Gasteiger partial charge in [0.15, 0.2) is 18.7 Å². The SMILES string of the molecule is CCCCCC(=O)O[C@H](COC(=O)CCC)CO[C@@H]1O[C@H](CO[C@H]2O[C@H](CO)[C@H](O)[C@H](O)[C@H]2O)[C@H](O)[C@H](O)[C@H]1O. The normalized spacial score (nSPS) is 35.2. The molecule has 0 radical (unpaired) electrons. The summed E-state index contributed by atoms with van der Waals surface area (Å²) in [7, 11) is 0. The van der Waals surface area contributed by atoms with Crippen LogP contribution in [0.4, 0.5) is 0 Å². The van der Waals surface area contributed by atoms with Gasteiger partial charge >= 0.3 is 11.9 Å². The minimum absolute atomic E-state index is 0.151. The first-order valence-electron chi connectivity index (χ1n) is 13.6. The molecule has 0 bridgehead atoms. The molecule has 15 nitrogen and oxygen atoms in total. The van der Waals surface area contributed by atoms with Crippen LogP contribution in [0.25, 0.3) is 0 Å². The number of hydrogen-bond acceptors (Lipinski definition) is 15. The van der Waals surface area contributed by atoms with Crippen LogP contribution < -0.4 is 0 Å². The monoisotopic (exact) mass is 584 g/mol. The van der Waals surface area contributed by atoms with Crippen molar-refractivity contribution in [3.63, 3.8) is 0 Å². The minimum atomic E-state index is -1.75. The third-order valence-corrected chi connectivity index (χ3v) is 6.56. The van der Waals surface area contributed by atoms with Crippen LogP contribution in [0.5, 0.6) is 0 Å². The summed E-state index contributed by atoms with van der Waals surface area (Å²) in [4.78, 5) is 24.1. The molecule has 0 aromatic rings. The molecule has 2 saturated heterocycles. The average molecular weight is 585 g/mol. The Labute approximate surface area is 232 Å². The fraction of sp³-hybridized carbons (Fsp3) is 0.920. The van der Waals surface area contributed by atoms with Crippen LogP contribution in [0.1, 0.15) is 52.4 Å². The van der Waals surface area contributed by atoms with Crippen molar-refractivity contribution in [1.82, 2.24) is 0 Å². The number of hydrogen-bond donors (Lipinski definition) is 7. The Balaban J connectivity index is 1.99. The van der Waals surface area contributed by atoms with Crippen LogP contribution in [0.3, 0.4) is 0 Å². The van der Waals surface area contributed by atoms with Crippen LogP contribution in [-0.2, 0) is 38.0 Å². The zero-order valence-corrected chi connectivity index (χ0v) is 22.8.